The fraction of sp³-hybridized carbons (Fsp3) is 0.333. The van der Waals surface area contributed by atoms with Crippen LogP contribution in [0, 0.1) is 6.92 Å². The number of anilines is 1. The Morgan fingerprint density at radius 1 is 1.73 bits per heavy atom. The second kappa shape index (κ2) is 2.61. The van der Waals surface area contributed by atoms with Crippen LogP contribution in [0.1, 0.15) is 16.2 Å². The molecule has 0 unspecified atom stereocenters. The van der Waals surface area contributed by atoms with Gasteiger partial charge in [-0.25, -0.2) is 0 Å². The number of rotatable bonds is 1. The van der Waals surface area contributed by atoms with E-state index in [-0.39, 0.29) is 5.91 Å². The van der Waals surface area contributed by atoms with Crippen LogP contribution in [0.3, 0.4) is 0 Å². The van der Waals surface area contributed by atoms with Crippen molar-refractivity contribution in [1.82, 2.24) is 15.5 Å². The molecule has 0 atom stereocenters. The number of hydrogen-bond acceptors (Lipinski definition) is 3. The number of carbonyl (C=O) groups is 1. The van der Waals surface area contributed by atoms with E-state index in [1.54, 1.807) is 6.92 Å². The van der Waals surface area contributed by atoms with Crippen molar-refractivity contribution in [3.63, 3.8) is 0 Å². The van der Waals surface area contributed by atoms with Gasteiger partial charge in [0.1, 0.15) is 5.69 Å². The second-order valence-corrected chi connectivity index (χ2v) is 2.18. The van der Waals surface area contributed by atoms with E-state index < -0.39 is 0 Å². The second-order valence-electron chi connectivity index (χ2n) is 2.18. The van der Waals surface area contributed by atoms with Gasteiger partial charge in [-0.3, -0.25) is 9.89 Å². The zero-order valence-electron chi connectivity index (χ0n) is 6.43. The number of aromatic amines is 1. The lowest BCUT2D eigenvalue weighted by Crippen LogP contribution is -2.19. The van der Waals surface area contributed by atoms with Gasteiger partial charge in [-0.1, -0.05) is 0 Å². The molecular formula is C6H10N4O. The van der Waals surface area contributed by atoms with Gasteiger partial charge in [-0.15, -0.1) is 0 Å². The third-order valence-corrected chi connectivity index (χ3v) is 1.45. The van der Waals surface area contributed by atoms with Crippen LogP contribution >= 0.6 is 0 Å². The van der Waals surface area contributed by atoms with Gasteiger partial charge >= 0.3 is 0 Å². The Morgan fingerprint density at radius 3 is 2.73 bits per heavy atom. The average molecular weight is 154 g/mol. The van der Waals surface area contributed by atoms with Crippen molar-refractivity contribution in [3.8, 4) is 0 Å². The Balaban J connectivity index is 3.04. The summed E-state index contributed by atoms with van der Waals surface area (Å²) in [5.74, 6) is -0.247. The van der Waals surface area contributed by atoms with Crippen molar-refractivity contribution in [2.45, 2.75) is 6.92 Å². The van der Waals surface area contributed by atoms with Crippen molar-refractivity contribution in [1.29, 1.82) is 0 Å². The minimum absolute atomic E-state index is 0.247. The van der Waals surface area contributed by atoms with Gasteiger partial charge in [0, 0.05) is 7.05 Å². The Morgan fingerprint density at radius 2 is 2.36 bits per heavy atom. The van der Waals surface area contributed by atoms with Gasteiger partial charge in [0.2, 0.25) is 0 Å². The van der Waals surface area contributed by atoms with E-state index in [9.17, 15) is 4.79 Å². The third kappa shape index (κ3) is 1.17. The molecule has 0 fully saturated rings. The molecule has 5 nitrogen and oxygen atoms in total. The first-order chi connectivity index (χ1) is 5.16. The molecule has 1 heterocycles. The summed E-state index contributed by atoms with van der Waals surface area (Å²) in [4.78, 5) is 11.0. The highest BCUT2D eigenvalue weighted by Crippen LogP contribution is 2.11. The topological polar surface area (TPSA) is 83.8 Å². The van der Waals surface area contributed by atoms with Gasteiger partial charge in [0.25, 0.3) is 5.91 Å². The number of nitrogens with zero attached hydrogens (tertiary/aromatic N) is 1. The van der Waals surface area contributed by atoms with E-state index in [0.717, 1.165) is 0 Å². The van der Waals surface area contributed by atoms with Crippen LogP contribution in [0.15, 0.2) is 0 Å². The predicted molar refractivity (Wildman–Crippen MR) is 41.1 cm³/mol. The smallest absolute Gasteiger partial charge is 0.271 e. The van der Waals surface area contributed by atoms with E-state index in [1.807, 2.05) is 0 Å². The highest BCUT2D eigenvalue weighted by atomic mass is 16.1. The summed E-state index contributed by atoms with van der Waals surface area (Å²) in [6.07, 6.45) is 0. The summed E-state index contributed by atoms with van der Waals surface area (Å²) in [7, 11) is 1.54. The van der Waals surface area contributed by atoms with Crippen molar-refractivity contribution in [2.75, 3.05) is 12.8 Å². The van der Waals surface area contributed by atoms with Gasteiger partial charge in [0.05, 0.1) is 11.4 Å². The SMILES string of the molecule is CNC(=O)c1[nH]nc(C)c1N. The third-order valence-electron chi connectivity index (χ3n) is 1.45. The molecule has 0 aliphatic rings. The summed E-state index contributed by atoms with van der Waals surface area (Å²) in [6.45, 7) is 1.73. The number of aryl methyl sites for hydroxylation is 1. The lowest BCUT2D eigenvalue weighted by atomic mass is 10.3. The molecule has 1 aromatic rings. The summed E-state index contributed by atoms with van der Waals surface area (Å²) in [5.41, 5.74) is 6.90. The first-order valence-corrected chi connectivity index (χ1v) is 3.19. The molecule has 0 aliphatic heterocycles. The number of nitrogens with one attached hydrogen (secondary N) is 2. The van der Waals surface area contributed by atoms with E-state index >= 15 is 0 Å². The van der Waals surface area contributed by atoms with Crippen LogP contribution in [-0.2, 0) is 0 Å². The molecule has 4 N–H and O–H groups in total. The number of amides is 1. The molecule has 0 saturated heterocycles. The molecule has 5 heteroatoms. The highest BCUT2D eigenvalue weighted by molar-refractivity contribution is 5.97. The fourth-order valence-corrected chi connectivity index (χ4v) is 0.739. The first kappa shape index (κ1) is 7.59. The Bertz CT molecular complexity index is 278. The predicted octanol–water partition coefficient (Wildman–Crippen LogP) is -0.340. The standard InChI is InChI=1S/C6H10N4O/c1-3-4(7)5(10-9-3)6(11)8-2/h7H2,1-2H3,(H,8,11)(H,9,10). The monoisotopic (exact) mass is 154 g/mol. The summed E-state index contributed by atoms with van der Waals surface area (Å²) in [6, 6.07) is 0. The largest absolute Gasteiger partial charge is 0.395 e. The maximum atomic E-state index is 11.0. The van der Waals surface area contributed by atoms with Gasteiger partial charge < -0.3 is 11.1 Å². The molecule has 1 rings (SSSR count). The molecule has 0 saturated carbocycles. The summed E-state index contributed by atoms with van der Waals surface area (Å²) >= 11 is 0. The number of carbonyl (C=O) groups excluding carboxylic acids is 1. The lowest BCUT2D eigenvalue weighted by Gasteiger charge is -1.95. The van der Waals surface area contributed by atoms with Gasteiger partial charge in [-0.05, 0) is 6.92 Å². The van der Waals surface area contributed by atoms with E-state index in [2.05, 4.69) is 15.5 Å². The van der Waals surface area contributed by atoms with E-state index in [4.69, 9.17) is 5.73 Å². The van der Waals surface area contributed by atoms with Crippen LogP contribution in [0.2, 0.25) is 0 Å². The Labute approximate surface area is 64.0 Å². The molecule has 1 aromatic heterocycles. The molecule has 60 valence electrons. The maximum absolute atomic E-state index is 11.0. The van der Waals surface area contributed by atoms with E-state index in [1.165, 1.54) is 7.05 Å². The molecule has 0 aliphatic carbocycles. The summed E-state index contributed by atoms with van der Waals surface area (Å²) in [5, 5.41) is 8.76. The van der Waals surface area contributed by atoms with Crippen LogP contribution < -0.4 is 11.1 Å². The minimum Gasteiger partial charge on any atom is -0.395 e. The summed E-state index contributed by atoms with van der Waals surface area (Å²) < 4.78 is 0. The molecule has 0 spiro atoms. The molecule has 11 heavy (non-hydrogen) atoms. The van der Waals surface area contributed by atoms with Crippen molar-refractivity contribution in [2.24, 2.45) is 0 Å². The minimum atomic E-state index is -0.247. The lowest BCUT2D eigenvalue weighted by molar-refractivity contribution is 0.0959. The molecular weight excluding hydrogens is 144 g/mol. The van der Waals surface area contributed by atoms with Gasteiger partial charge in [0.15, 0.2) is 0 Å². The molecule has 0 radical (unpaired) electrons. The van der Waals surface area contributed by atoms with Crippen LogP contribution in [-0.4, -0.2) is 23.2 Å². The van der Waals surface area contributed by atoms with Crippen LogP contribution in [0.25, 0.3) is 0 Å². The fourth-order valence-electron chi connectivity index (χ4n) is 0.739. The zero-order valence-corrected chi connectivity index (χ0v) is 6.43. The average Bonchev–Trinajstić information content (AvgIpc) is 2.32. The first-order valence-electron chi connectivity index (χ1n) is 3.19. The van der Waals surface area contributed by atoms with Crippen molar-refractivity contribution < 1.29 is 4.79 Å². The maximum Gasteiger partial charge on any atom is 0.271 e. The van der Waals surface area contributed by atoms with E-state index in [0.29, 0.717) is 17.1 Å². The number of hydrogen-bond donors (Lipinski definition) is 3. The van der Waals surface area contributed by atoms with Crippen molar-refractivity contribution in [3.05, 3.63) is 11.4 Å². The number of H-pyrrole nitrogens is 1. The number of aromatic nitrogens is 2. The Hall–Kier alpha value is -1.52. The van der Waals surface area contributed by atoms with Gasteiger partial charge in [-0.2, -0.15) is 5.10 Å². The zero-order chi connectivity index (χ0) is 8.43. The van der Waals surface area contributed by atoms with Crippen molar-refractivity contribution >= 4 is 11.6 Å². The number of nitrogens with two attached hydrogens (primary N) is 1. The van der Waals surface area contributed by atoms with Crippen LogP contribution in [0.4, 0.5) is 5.69 Å². The Kier molecular flexibility index (Phi) is 1.80. The molecule has 1 amide bonds. The highest BCUT2D eigenvalue weighted by Gasteiger charge is 2.11. The number of nitrogen functional groups attached to an aromatic ring is 1. The molecule has 0 aromatic carbocycles. The van der Waals surface area contributed by atoms with Crippen LogP contribution in [0.5, 0.6) is 0 Å². The quantitative estimate of drug-likeness (QED) is 0.517. The molecule has 0 bridgehead atoms. The normalized spacial score (nSPS) is 9.64.